The summed E-state index contributed by atoms with van der Waals surface area (Å²) in [5.74, 6) is -1.88. The summed E-state index contributed by atoms with van der Waals surface area (Å²) in [5.41, 5.74) is 1.75. The summed E-state index contributed by atoms with van der Waals surface area (Å²) in [5, 5.41) is 9.89. The van der Waals surface area contributed by atoms with Crippen molar-refractivity contribution in [1.29, 1.82) is 5.26 Å². The molecule has 0 saturated heterocycles. The van der Waals surface area contributed by atoms with Crippen LogP contribution in [0.3, 0.4) is 0 Å². The zero-order valence-electron chi connectivity index (χ0n) is 15.2. The summed E-state index contributed by atoms with van der Waals surface area (Å²) < 4.78 is 16.7. The Morgan fingerprint density at radius 1 is 1.35 bits per heavy atom. The lowest BCUT2D eigenvalue weighted by molar-refractivity contribution is -0.149. The number of rotatable bonds is 2. The molecule has 0 aliphatic carbocycles. The third-order valence-corrected chi connectivity index (χ3v) is 4.79. The van der Waals surface area contributed by atoms with Crippen molar-refractivity contribution < 1.29 is 18.8 Å². The standard InChI is InChI=1S/C19H18FN3O3/c1-10-13(15-7-6-12(9-21)22(15)5)8-14(20)17-16(10)19(3,4)18(25)23(17)26-11(2)24/h6-8H,1-5H3. The highest BCUT2D eigenvalue weighted by atomic mass is 19.1. The van der Waals surface area contributed by atoms with Crippen LogP contribution in [0, 0.1) is 24.1 Å². The van der Waals surface area contributed by atoms with Crippen molar-refractivity contribution in [3.63, 3.8) is 0 Å². The Kier molecular flexibility index (Phi) is 3.87. The van der Waals surface area contributed by atoms with Crippen molar-refractivity contribution in [1.82, 2.24) is 4.57 Å². The first-order valence-electron chi connectivity index (χ1n) is 8.04. The van der Waals surface area contributed by atoms with Gasteiger partial charge in [0.25, 0.3) is 5.91 Å². The maximum atomic E-state index is 15.0. The Morgan fingerprint density at radius 2 is 2.00 bits per heavy atom. The quantitative estimate of drug-likeness (QED) is 0.829. The van der Waals surface area contributed by atoms with Crippen LogP contribution in [-0.4, -0.2) is 16.4 Å². The van der Waals surface area contributed by atoms with Gasteiger partial charge in [0.1, 0.15) is 17.5 Å². The van der Waals surface area contributed by atoms with E-state index in [2.05, 4.69) is 6.07 Å². The molecule has 26 heavy (non-hydrogen) atoms. The van der Waals surface area contributed by atoms with Crippen LogP contribution in [0.5, 0.6) is 0 Å². The molecule has 0 saturated carbocycles. The van der Waals surface area contributed by atoms with E-state index in [4.69, 9.17) is 10.1 Å². The van der Waals surface area contributed by atoms with Crippen LogP contribution in [0.25, 0.3) is 11.3 Å². The molecule has 2 aromatic rings. The lowest BCUT2D eigenvalue weighted by Crippen LogP contribution is -2.37. The van der Waals surface area contributed by atoms with Gasteiger partial charge in [0, 0.05) is 30.8 Å². The lowest BCUT2D eigenvalue weighted by atomic mass is 9.81. The van der Waals surface area contributed by atoms with E-state index in [9.17, 15) is 14.0 Å². The van der Waals surface area contributed by atoms with Gasteiger partial charge in [0.15, 0.2) is 5.82 Å². The van der Waals surface area contributed by atoms with Crippen molar-refractivity contribution >= 4 is 17.6 Å². The van der Waals surface area contributed by atoms with Gasteiger partial charge < -0.3 is 9.40 Å². The number of amides is 1. The summed E-state index contributed by atoms with van der Waals surface area (Å²) in [7, 11) is 1.72. The summed E-state index contributed by atoms with van der Waals surface area (Å²) in [6.07, 6.45) is 0. The van der Waals surface area contributed by atoms with Gasteiger partial charge in [-0.1, -0.05) is 0 Å². The number of aromatic nitrogens is 1. The number of carbonyl (C=O) groups excluding carboxylic acids is 2. The van der Waals surface area contributed by atoms with Gasteiger partial charge in [-0.3, -0.25) is 4.79 Å². The van der Waals surface area contributed by atoms with E-state index in [-0.39, 0.29) is 5.69 Å². The van der Waals surface area contributed by atoms with Crippen LogP contribution in [0.1, 0.15) is 37.6 Å². The van der Waals surface area contributed by atoms with Crippen molar-refractivity contribution in [2.24, 2.45) is 7.05 Å². The molecule has 134 valence electrons. The molecule has 1 amide bonds. The molecule has 2 heterocycles. The Labute approximate surface area is 150 Å². The molecule has 3 rings (SSSR count). The molecule has 0 spiro atoms. The Hall–Kier alpha value is -3.14. The molecule has 0 N–H and O–H groups in total. The second kappa shape index (κ2) is 5.70. The summed E-state index contributed by atoms with van der Waals surface area (Å²) in [6.45, 7) is 6.28. The maximum absolute atomic E-state index is 15.0. The average molecular weight is 355 g/mol. The van der Waals surface area contributed by atoms with Gasteiger partial charge in [0.2, 0.25) is 0 Å². The second-order valence-electron chi connectivity index (χ2n) is 6.84. The van der Waals surface area contributed by atoms with E-state index in [0.29, 0.717) is 28.1 Å². The number of hydrogen-bond donors (Lipinski definition) is 0. The fraction of sp³-hybridized carbons (Fsp3) is 0.316. The molecule has 0 fully saturated rings. The van der Waals surface area contributed by atoms with Gasteiger partial charge in [-0.15, -0.1) is 5.06 Å². The zero-order valence-corrected chi connectivity index (χ0v) is 15.2. The SMILES string of the molecule is CC(=O)ON1C(=O)C(C)(C)c2c(C)c(-c3ccc(C#N)n3C)cc(F)c21. The van der Waals surface area contributed by atoms with Crippen molar-refractivity contribution in [3.8, 4) is 17.3 Å². The number of hydroxylamine groups is 1. The van der Waals surface area contributed by atoms with E-state index in [0.717, 1.165) is 12.0 Å². The fourth-order valence-electron chi connectivity index (χ4n) is 3.54. The predicted molar refractivity (Wildman–Crippen MR) is 92.5 cm³/mol. The molecule has 1 aromatic heterocycles. The van der Waals surface area contributed by atoms with Crippen molar-refractivity contribution in [3.05, 3.63) is 40.8 Å². The Balaban J connectivity index is 2.30. The molecule has 7 heteroatoms. The average Bonchev–Trinajstić information content (AvgIpc) is 3.01. The molecule has 0 bridgehead atoms. The van der Waals surface area contributed by atoms with Gasteiger partial charge in [-0.2, -0.15) is 5.26 Å². The van der Waals surface area contributed by atoms with Crippen LogP contribution >= 0.6 is 0 Å². The molecule has 1 aromatic carbocycles. The topological polar surface area (TPSA) is 75.3 Å². The monoisotopic (exact) mass is 355 g/mol. The molecule has 1 aliphatic rings. The third-order valence-electron chi connectivity index (χ3n) is 4.79. The van der Waals surface area contributed by atoms with Gasteiger partial charge in [0.05, 0.1) is 5.41 Å². The van der Waals surface area contributed by atoms with E-state index >= 15 is 0 Å². The minimum atomic E-state index is -1.06. The van der Waals surface area contributed by atoms with Crippen LogP contribution in [-0.2, 0) is 26.9 Å². The highest BCUT2D eigenvalue weighted by molar-refractivity contribution is 6.08. The summed E-state index contributed by atoms with van der Waals surface area (Å²) in [4.78, 5) is 29.1. The van der Waals surface area contributed by atoms with E-state index in [1.165, 1.54) is 6.07 Å². The molecule has 0 radical (unpaired) electrons. The summed E-state index contributed by atoms with van der Waals surface area (Å²) >= 11 is 0. The Morgan fingerprint density at radius 3 is 2.54 bits per heavy atom. The van der Waals surface area contributed by atoms with Crippen LogP contribution < -0.4 is 5.06 Å². The van der Waals surface area contributed by atoms with Gasteiger partial charge in [-0.05, 0) is 44.5 Å². The maximum Gasteiger partial charge on any atom is 0.330 e. The lowest BCUT2D eigenvalue weighted by Gasteiger charge is -2.20. The number of benzene rings is 1. The second-order valence-corrected chi connectivity index (χ2v) is 6.84. The highest BCUT2D eigenvalue weighted by Gasteiger charge is 2.49. The van der Waals surface area contributed by atoms with Gasteiger partial charge in [-0.25, -0.2) is 9.18 Å². The number of nitrogens with zero attached hydrogens (tertiary/aromatic N) is 3. The predicted octanol–water partition coefficient (Wildman–Crippen LogP) is 3.11. The molecular formula is C19H18FN3O3. The van der Waals surface area contributed by atoms with Crippen molar-refractivity contribution in [2.45, 2.75) is 33.1 Å². The first-order valence-corrected chi connectivity index (χ1v) is 8.04. The molecule has 0 unspecified atom stereocenters. The molecule has 0 atom stereocenters. The Bertz CT molecular complexity index is 998. The number of fused-ring (bicyclic) bond motifs is 1. The number of hydrogen-bond acceptors (Lipinski definition) is 4. The number of nitriles is 1. The normalized spacial score (nSPS) is 15.0. The van der Waals surface area contributed by atoms with E-state index in [1.54, 1.807) is 44.5 Å². The number of anilines is 1. The number of carbonyl (C=O) groups is 2. The van der Waals surface area contributed by atoms with Crippen LogP contribution in [0.15, 0.2) is 18.2 Å². The summed E-state index contributed by atoms with van der Waals surface area (Å²) in [6, 6.07) is 6.77. The highest BCUT2D eigenvalue weighted by Crippen LogP contribution is 2.47. The molecule has 1 aliphatic heterocycles. The minimum Gasteiger partial charge on any atom is -0.335 e. The smallest absolute Gasteiger partial charge is 0.330 e. The van der Waals surface area contributed by atoms with E-state index < -0.39 is 23.1 Å². The van der Waals surface area contributed by atoms with Crippen LogP contribution in [0.2, 0.25) is 0 Å². The fourth-order valence-corrected chi connectivity index (χ4v) is 3.54. The van der Waals surface area contributed by atoms with Gasteiger partial charge >= 0.3 is 5.97 Å². The van der Waals surface area contributed by atoms with E-state index in [1.807, 2.05) is 0 Å². The zero-order chi connectivity index (χ0) is 19.4. The van der Waals surface area contributed by atoms with Crippen molar-refractivity contribution in [2.75, 3.05) is 5.06 Å². The molecular weight excluding hydrogens is 337 g/mol. The largest absolute Gasteiger partial charge is 0.335 e. The molecule has 6 nitrogen and oxygen atoms in total. The van der Waals surface area contributed by atoms with Crippen LogP contribution in [0.4, 0.5) is 10.1 Å². The third kappa shape index (κ3) is 2.30. The number of halogens is 1. The first-order chi connectivity index (χ1) is 12.1. The minimum absolute atomic E-state index is 0.0360. The first kappa shape index (κ1) is 17.7.